The molecule has 0 unspecified atom stereocenters. The van der Waals surface area contributed by atoms with E-state index >= 15 is 0 Å². The first kappa shape index (κ1) is 17.2. The molecular weight excluding hydrogens is 318 g/mol. The molecule has 1 aromatic carbocycles. The number of non-ortho nitro benzene ring substituents is 1. The normalized spacial score (nSPS) is 10.1. The molecule has 1 aromatic rings. The van der Waals surface area contributed by atoms with Gasteiger partial charge in [-0.15, -0.1) is 0 Å². The van der Waals surface area contributed by atoms with E-state index in [4.69, 9.17) is 0 Å². The van der Waals surface area contributed by atoms with Crippen molar-refractivity contribution in [3.8, 4) is 0 Å². The summed E-state index contributed by atoms with van der Waals surface area (Å²) in [6.07, 6.45) is 1.35. The van der Waals surface area contributed by atoms with Crippen molar-refractivity contribution in [3.63, 3.8) is 0 Å². The zero-order valence-corrected chi connectivity index (χ0v) is 12.5. The van der Waals surface area contributed by atoms with Gasteiger partial charge in [0.2, 0.25) is 0 Å². The van der Waals surface area contributed by atoms with E-state index in [0.29, 0.717) is 18.7 Å². The summed E-state index contributed by atoms with van der Waals surface area (Å²) in [7, 11) is 3.10. The molecule has 1 N–H and O–H groups in total. The average molecular weight is 331 g/mol. The molecule has 114 valence electrons. The van der Waals surface area contributed by atoms with Gasteiger partial charge in [0.05, 0.1) is 15.9 Å². The SMILES string of the molecule is O=CCCSSCCNc1ccc([N+](=O)[O-])cc1[N+](=O)[O-]. The molecule has 0 radical (unpaired) electrons. The van der Waals surface area contributed by atoms with E-state index in [1.165, 1.54) is 12.1 Å². The van der Waals surface area contributed by atoms with Gasteiger partial charge >= 0.3 is 0 Å². The third kappa shape index (κ3) is 6.00. The first-order valence-corrected chi connectivity index (χ1v) is 8.40. The summed E-state index contributed by atoms with van der Waals surface area (Å²) < 4.78 is 0. The largest absolute Gasteiger partial charge is 0.379 e. The van der Waals surface area contributed by atoms with E-state index in [9.17, 15) is 25.0 Å². The molecule has 0 bridgehead atoms. The predicted octanol–water partition coefficient (Wildman–Crippen LogP) is 2.89. The lowest BCUT2D eigenvalue weighted by molar-refractivity contribution is -0.393. The minimum absolute atomic E-state index is 0.254. The van der Waals surface area contributed by atoms with Crippen molar-refractivity contribution in [3.05, 3.63) is 38.4 Å². The molecule has 21 heavy (non-hydrogen) atoms. The minimum Gasteiger partial charge on any atom is -0.379 e. The molecule has 0 heterocycles. The van der Waals surface area contributed by atoms with Crippen LogP contribution in [-0.2, 0) is 4.79 Å². The highest BCUT2D eigenvalue weighted by molar-refractivity contribution is 8.76. The molecule has 0 aliphatic carbocycles. The van der Waals surface area contributed by atoms with Crippen LogP contribution >= 0.6 is 21.6 Å². The van der Waals surface area contributed by atoms with Gasteiger partial charge in [0.25, 0.3) is 11.4 Å². The number of rotatable bonds is 10. The molecule has 0 fully saturated rings. The van der Waals surface area contributed by atoms with Gasteiger partial charge in [-0.25, -0.2) is 0 Å². The van der Waals surface area contributed by atoms with Gasteiger partial charge in [0.1, 0.15) is 12.0 Å². The molecule has 0 aromatic heterocycles. The standard InChI is InChI=1S/C11H13N3O5S2/c15-5-1-6-20-21-7-4-12-10-3-2-9(13(16)17)8-11(10)14(18)19/h2-3,5,8,12H,1,4,6-7H2. The Morgan fingerprint density at radius 2 is 1.86 bits per heavy atom. The number of carbonyl (C=O) groups is 1. The van der Waals surface area contributed by atoms with Crippen LogP contribution in [0.25, 0.3) is 0 Å². The first-order valence-electron chi connectivity index (χ1n) is 5.91. The molecule has 0 atom stereocenters. The van der Waals surface area contributed by atoms with Gasteiger partial charge in [-0.2, -0.15) is 0 Å². The molecule has 1 rings (SSSR count). The Morgan fingerprint density at radius 3 is 2.48 bits per heavy atom. The number of nitrogens with one attached hydrogen (secondary N) is 1. The summed E-state index contributed by atoms with van der Waals surface area (Å²) in [5.74, 6) is 1.42. The van der Waals surface area contributed by atoms with Crippen molar-refractivity contribution in [1.82, 2.24) is 0 Å². The number of hydrogen-bond donors (Lipinski definition) is 1. The van der Waals surface area contributed by atoms with E-state index in [0.717, 1.165) is 18.1 Å². The monoisotopic (exact) mass is 331 g/mol. The number of nitro groups is 2. The lowest BCUT2D eigenvalue weighted by atomic mass is 10.2. The zero-order chi connectivity index (χ0) is 15.7. The number of benzene rings is 1. The Labute approximate surface area is 128 Å². The maximum absolute atomic E-state index is 10.9. The topological polar surface area (TPSA) is 115 Å². The fraction of sp³-hybridized carbons (Fsp3) is 0.364. The van der Waals surface area contributed by atoms with E-state index in [1.54, 1.807) is 21.6 Å². The highest BCUT2D eigenvalue weighted by Crippen LogP contribution is 2.29. The summed E-state index contributed by atoms with van der Waals surface area (Å²) in [4.78, 5) is 30.3. The molecular formula is C11H13N3O5S2. The number of aldehydes is 1. The molecule has 0 saturated heterocycles. The van der Waals surface area contributed by atoms with Gasteiger partial charge in [-0.1, -0.05) is 21.6 Å². The van der Waals surface area contributed by atoms with Crippen LogP contribution in [0.3, 0.4) is 0 Å². The summed E-state index contributed by atoms with van der Waals surface area (Å²) in [6.45, 7) is 0.484. The van der Waals surface area contributed by atoms with Crippen molar-refractivity contribution >= 4 is 44.9 Å². The summed E-state index contributed by atoms with van der Waals surface area (Å²) >= 11 is 0. The quantitative estimate of drug-likeness (QED) is 0.229. The van der Waals surface area contributed by atoms with Crippen molar-refractivity contribution in [2.45, 2.75) is 6.42 Å². The maximum Gasteiger partial charge on any atom is 0.299 e. The molecule has 0 spiro atoms. The van der Waals surface area contributed by atoms with E-state index < -0.39 is 9.85 Å². The van der Waals surface area contributed by atoms with Gasteiger partial charge in [0.15, 0.2) is 0 Å². The van der Waals surface area contributed by atoms with Crippen molar-refractivity contribution < 1.29 is 14.6 Å². The summed E-state index contributed by atoms with van der Waals surface area (Å²) in [6, 6.07) is 3.50. The fourth-order valence-corrected chi connectivity index (χ4v) is 3.23. The van der Waals surface area contributed by atoms with E-state index in [1.807, 2.05) is 0 Å². The minimum atomic E-state index is -0.670. The Hall–Kier alpha value is -1.81. The van der Waals surface area contributed by atoms with Gasteiger partial charge in [0, 0.05) is 30.5 Å². The third-order valence-electron chi connectivity index (χ3n) is 2.29. The van der Waals surface area contributed by atoms with Crippen LogP contribution < -0.4 is 5.32 Å². The van der Waals surface area contributed by atoms with Gasteiger partial charge in [-0.05, 0) is 6.07 Å². The lowest BCUT2D eigenvalue weighted by Gasteiger charge is -2.06. The van der Waals surface area contributed by atoms with E-state index in [2.05, 4.69) is 5.32 Å². The summed E-state index contributed by atoms with van der Waals surface area (Å²) in [5.41, 5.74) is -0.377. The molecule has 0 aliphatic heterocycles. The number of nitrogens with zero attached hydrogens (tertiary/aromatic N) is 2. The first-order chi connectivity index (χ1) is 10.1. The van der Waals surface area contributed by atoms with Crippen LogP contribution in [0.4, 0.5) is 17.1 Å². The number of hydrogen-bond acceptors (Lipinski definition) is 8. The Morgan fingerprint density at radius 1 is 1.14 bits per heavy atom. The second-order valence-electron chi connectivity index (χ2n) is 3.74. The van der Waals surface area contributed by atoms with Gasteiger partial charge < -0.3 is 10.1 Å². The number of nitro benzene ring substituents is 2. The van der Waals surface area contributed by atoms with Crippen LogP contribution in [-0.4, -0.2) is 34.2 Å². The van der Waals surface area contributed by atoms with Crippen LogP contribution in [0.15, 0.2) is 18.2 Å². The number of carbonyl (C=O) groups excluding carboxylic acids is 1. The van der Waals surface area contributed by atoms with Crippen molar-refractivity contribution in [2.75, 3.05) is 23.4 Å². The molecule has 0 amide bonds. The fourth-order valence-electron chi connectivity index (χ4n) is 1.38. The second kappa shape index (κ2) is 9.19. The molecule has 0 aliphatic rings. The highest BCUT2D eigenvalue weighted by Gasteiger charge is 2.18. The predicted molar refractivity (Wildman–Crippen MR) is 83.8 cm³/mol. The average Bonchev–Trinajstić information content (AvgIpc) is 2.46. The van der Waals surface area contributed by atoms with Crippen LogP contribution in [0, 0.1) is 20.2 Å². The van der Waals surface area contributed by atoms with Crippen molar-refractivity contribution in [1.29, 1.82) is 0 Å². The Balaban J connectivity index is 2.52. The van der Waals surface area contributed by atoms with Crippen LogP contribution in [0.5, 0.6) is 0 Å². The zero-order valence-electron chi connectivity index (χ0n) is 10.9. The number of anilines is 1. The van der Waals surface area contributed by atoms with Crippen LogP contribution in [0.1, 0.15) is 6.42 Å². The van der Waals surface area contributed by atoms with Gasteiger partial charge in [-0.3, -0.25) is 20.2 Å². The Bertz CT molecular complexity index is 527. The maximum atomic E-state index is 10.9. The second-order valence-corrected chi connectivity index (χ2v) is 6.44. The highest BCUT2D eigenvalue weighted by atomic mass is 33.1. The van der Waals surface area contributed by atoms with Crippen molar-refractivity contribution in [2.24, 2.45) is 0 Å². The Kier molecular flexibility index (Phi) is 7.54. The molecule has 0 saturated carbocycles. The molecule has 10 heteroatoms. The third-order valence-corrected chi connectivity index (χ3v) is 4.73. The van der Waals surface area contributed by atoms with E-state index in [-0.39, 0.29) is 17.1 Å². The summed E-state index contributed by atoms with van der Waals surface area (Å²) in [5, 5.41) is 24.4. The molecule has 8 nitrogen and oxygen atoms in total. The smallest absolute Gasteiger partial charge is 0.299 e. The van der Waals surface area contributed by atoms with Crippen LogP contribution in [0.2, 0.25) is 0 Å². The lowest BCUT2D eigenvalue weighted by Crippen LogP contribution is -2.06.